The van der Waals surface area contributed by atoms with Crippen molar-refractivity contribution >= 4 is 23.3 Å². The molecule has 3 aromatic rings. The van der Waals surface area contributed by atoms with E-state index in [1.807, 2.05) is 60.7 Å². The number of anilines is 1. The molecular weight excluding hydrogens is 360 g/mol. The van der Waals surface area contributed by atoms with Crippen LogP contribution in [0, 0.1) is 0 Å². The second-order valence-corrected chi connectivity index (χ2v) is 7.24. The Labute approximate surface area is 163 Å². The number of hydrogen-bond acceptors (Lipinski definition) is 3. The summed E-state index contributed by atoms with van der Waals surface area (Å²) in [7, 11) is 0. The lowest BCUT2D eigenvalue weighted by Gasteiger charge is -2.16. The number of halogens is 1. The Morgan fingerprint density at radius 3 is 2.74 bits per heavy atom. The van der Waals surface area contributed by atoms with E-state index < -0.39 is 0 Å². The highest BCUT2D eigenvalue weighted by molar-refractivity contribution is 6.30. The topological polar surface area (TPSA) is 61.0 Å². The summed E-state index contributed by atoms with van der Waals surface area (Å²) in [6, 6.07) is 19.7. The Bertz CT molecular complexity index is 907. The molecule has 1 amide bonds. The van der Waals surface area contributed by atoms with Crippen molar-refractivity contribution in [2.75, 3.05) is 18.0 Å². The highest BCUT2D eigenvalue weighted by Gasteiger charge is 2.25. The first-order chi connectivity index (χ1) is 13.2. The van der Waals surface area contributed by atoms with E-state index in [1.54, 1.807) is 0 Å². The van der Waals surface area contributed by atoms with Gasteiger partial charge in [0.2, 0.25) is 5.91 Å². The molecule has 0 saturated carbocycles. The summed E-state index contributed by atoms with van der Waals surface area (Å²) in [5.74, 6) is 0.969. The van der Waals surface area contributed by atoms with Crippen LogP contribution in [0.25, 0.3) is 11.3 Å². The molecule has 1 aliphatic rings. The summed E-state index contributed by atoms with van der Waals surface area (Å²) in [5, 5.41) is 11.4. The van der Waals surface area contributed by atoms with E-state index in [0.717, 1.165) is 42.1 Å². The van der Waals surface area contributed by atoms with Gasteiger partial charge >= 0.3 is 0 Å². The van der Waals surface area contributed by atoms with E-state index in [1.165, 1.54) is 0 Å². The van der Waals surface area contributed by atoms with Crippen molar-refractivity contribution in [3.05, 3.63) is 71.2 Å². The fourth-order valence-electron chi connectivity index (χ4n) is 3.40. The van der Waals surface area contributed by atoms with Crippen molar-refractivity contribution in [2.24, 2.45) is 0 Å². The number of rotatable bonds is 5. The van der Waals surface area contributed by atoms with Gasteiger partial charge < -0.3 is 10.2 Å². The van der Waals surface area contributed by atoms with Crippen LogP contribution in [0.5, 0.6) is 0 Å². The molecule has 1 fully saturated rings. The molecule has 6 heteroatoms. The van der Waals surface area contributed by atoms with Crippen LogP contribution in [0.2, 0.25) is 5.02 Å². The molecule has 4 rings (SSSR count). The molecule has 0 unspecified atom stereocenters. The van der Waals surface area contributed by atoms with Gasteiger partial charge in [0.1, 0.15) is 0 Å². The Kier molecular flexibility index (Phi) is 5.12. The molecule has 1 atom stereocenters. The summed E-state index contributed by atoms with van der Waals surface area (Å²) >= 11 is 5.95. The molecular formula is C21H21ClN4O. The van der Waals surface area contributed by atoms with Crippen LogP contribution in [0.1, 0.15) is 12.0 Å². The van der Waals surface area contributed by atoms with E-state index in [9.17, 15) is 4.79 Å². The standard InChI is InChI=1S/C21H21ClN4O/c22-17-8-6-16(7-9-17)19-13-20(25-24-19)26-11-10-18(14-26)23-21(27)12-15-4-2-1-3-5-15/h1-9,13,18H,10-12,14H2,(H,23,27)(H,24,25)/t18-/m0/s1. The monoisotopic (exact) mass is 380 g/mol. The maximum absolute atomic E-state index is 12.3. The lowest BCUT2D eigenvalue weighted by molar-refractivity contribution is -0.121. The first kappa shape index (κ1) is 17.6. The maximum Gasteiger partial charge on any atom is 0.224 e. The molecule has 0 spiro atoms. The molecule has 27 heavy (non-hydrogen) atoms. The second-order valence-electron chi connectivity index (χ2n) is 6.81. The first-order valence-corrected chi connectivity index (χ1v) is 9.45. The maximum atomic E-state index is 12.3. The molecule has 0 radical (unpaired) electrons. The molecule has 0 bridgehead atoms. The second kappa shape index (κ2) is 7.84. The lowest BCUT2D eigenvalue weighted by atomic mass is 10.1. The van der Waals surface area contributed by atoms with Gasteiger partial charge in [-0.15, -0.1) is 0 Å². The van der Waals surface area contributed by atoms with E-state index >= 15 is 0 Å². The lowest BCUT2D eigenvalue weighted by Crippen LogP contribution is -2.38. The number of H-pyrrole nitrogens is 1. The number of nitrogens with one attached hydrogen (secondary N) is 2. The smallest absolute Gasteiger partial charge is 0.224 e. The normalized spacial score (nSPS) is 16.5. The Morgan fingerprint density at radius 1 is 1.19 bits per heavy atom. The molecule has 5 nitrogen and oxygen atoms in total. The van der Waals surface area contributed by atoms with Gasteiger partial charge in [0.25, 0.3) is 0 Å². The van der Waals surface area contributed by atoms with Crippen LogP contribution >= 0.6 is 11.6 Å². The highest BCUT2D eigenvalue weighted by Crippen LogP contribution is 2.25. The van der Waals surface area contributed by atoms with Crippen molar-refractivity contribution in [1.82, 2.24) is 15.5 Å². The number of benzene rings is 2. The van der Waals surface area contributed by atoms with Crippen molar-refractivity contribution in [3.8, 4) is 11.3 Å². The van der Waals surface area contributed by atoms with Gasteiger partial charge in [0, 0.05) is 30.2 Å². The van der Waals surface area contributed by atoms with Crippen LogP contribution in [0.4, 0.5) is 5.82 Å². The van der Waals surface area contributed by atoms with Crippen molar-refractivity contribution in [2.45, 2.75) is 18.9 Å². The minimum absolute atomic E-state index is 0.0666. The predicted octanol–water partition coefficient (Wildman–Crippen LogP) is 3.67. The van der Waals surface area contributed by atoms with Crippen LogP contribution in [-0.4, -0.2) is 35.2 Å². The SMILES string of the molecule is O=C(Cc1ccccc1)N[C@H]1CCN(c2cc(-c3ccc(Cl)cc3)[nH]n2)C1. The van der Waals surface area contributed by atoms with Gasteiger partial charge in [0.05, 0.1) is 12.1 Å². The molecule has 2 N–H and O–H groups in total. The summed E-state index contributed by atoms with van der Waals surface area (Å²) in [5.41, 5.74) is 3.04. The van der Waals surface area contributed by atoms with Crippen LogP contribution in [0.3, 0.4) is 0 Å². The van der Waals surface area contributed by atoms with E-state index in [4.69, 9.17) is 11.6 Å². The predicted molar refractivity (Wildman–Crippen MR) is 108 cm³/mol. The number of carbonyl (C=O) groups is 1. The quantitative estimate of drug-likeness (QED) is 0.710. The first-order valence-electron chi connectivity index (χ1n) is 9.07. The van der Waals surface area contributed by atoms with E-state index in [-0.39, 0.29) is 11.9 Å². The van der Waals surface area contributed by atoms with Gasteiger partial charge in [-0.3, -0.25) is 9.89 Å². The van der Waals surface area contributed by atoms with Crippen molar-refractivity contribution < 1.29 is 4.79 Å². The molecule has 1 aliphatic heterocycles. The summed E-state index contributed by atoms with van der Waals surface area (Å²) in [6.07, 6.45) is 1.34. The highest BCUT2D eigenvalue weighted by atomic mass is 35.5. The molecule has 1 aromatic heterocycles. The van der Waals surface area contributed by atoms with Gasteiger partial charge in [0.15, 0.2) is 5.82 Å². The van der Waals surface area contributed by atoms with Crippen molar-refractivity contribution in [1.29, 1.82) is 0 Å². The number of carbonyl (C=O) groups excluding carboxylic acids is 1. The summed E-state index contributed by atoms with van der Waals surface area (Å²) in [4.78, 5) is 14.5. The van der Waals surface area contributed by atoms with E-state index in [2.05, 4.69) is 20.4 Å². The largest absolute Gasteiger partial charge is 0.353 e. The molecule has 2 aromatic carbocycles. The Hall–Kier alpha value is -2.79. The van der Waals surface area contributed by atoms with Gasteiger partial charge in [-0.1, -0.05) is 54.1 Å². The summed E-state index contributed by atoms with van der Waals surface area (Å²) < 4.78 is 0. The zero-order valence-corrected chi connectivity index (χ0v) is 15.6. The molecule has 0 aliphatic carbocycles. The Morgan fingerprint density at radius 2 is 1.96 bits per heavy atom. The fourth-order valence-corrected chi connectivity index (χ4v) is 3.52. The van der Waals surface area contributed by atoms with E-state index in [0.29, 0.717) is 11.4 Å². The molecule has 138 valence electrons. The third-order valence-electron chi connectivity index (χ3n) is 4.80. The molecule has 1 saturated heterocycles. The number of nitrogens with zero attached hydrogens (tertiary/aromatic N) is 2. The third-order valence-corrected chi connectivity index (χ3v) is 5.06. The Balaban J connectivity index is 1.34. The average molecular weight is 381 g/mol. The number of aromatic amines is 1. The number of aromatic nitrogens is 2. The van der Waals surface area contributed by atoms with Gasteiger partial charge in [-0.2, -0.15) is 5.10 Å². The van der Waals surface area contributed by atoms with Crippen molar-refractivity contribution in [3.63, 3.8) is 0 Å². The zero-order valence-electron chi connectivity index (χ0n) is 14.9. The van der Waals surface area contributed by atoms with Crippen LogP contribution < -0.4 is 10.2 Å². The fraction of sp³-hybridized carbons (Fsp3) is 0.238. The molecule has 2 heterocycles. The third kappa shape index (κ3) is 4.31. The zero-order chi connectivity index (χ0) is 18.6. The van der Waals surface area contributed by atoms with Crippen LogP contribution in [0.15, 0.2) is 60.7 Å². The number of hydrogen-bond donors (Lipinski definition) is 2. The van der Waals surface area contributed by atoms with Gasteiger partial charge in [-0.05, 0) is 29.7 Å². The van der Waals surface area contributed by atoms with Gasteiger partial charge in [-0.25, -0.2) is 0 Å². The van der Waals surface area contributed by atoms with Crippen LogP contribution in [-0.2, 0) is 11.2 Å². The number of amides is 1. The minimum atomic E-state index is 0.0666. The average Bonchev–Trinajstić information content (AvgIpc) is 3.32. The minimum Gasteiger partial charge on any atom is -0.353 e. The summed E-state index contributed by atoms with van der Waals surface area (Å²) in [6.45, 7) is 1.65.